The summed E-state index contributed by atoms with van der Waals surface area (Å²) in [7, 11) is 0. The zero-order chi connectivity index (χ0) is 19.7. The monoisotopic (exact) mass is 394 g/mol. The number of fused-ring (bicyclic) bond motifs is 1. The van der Waals surface area contributed by atoms with Gasteiger partial charge in [0.05, 0.1) is 5.69 Å². The lowest BCUT2D eigenvalue weighted by Gasteiger charge is -2.17. The number of carbonyl (C=O) groups excluding carboxylic acids is 1. The number of nitrogens with zero attached hydrogens (tertiary/aromatic N) is 1. The van der Waals surface area contributed by atoms with Gasteiger partial charge in [-0.2, -0.15) is 0 Å². The molecule has 1 amide bonds. The molecule has 5 nitrogen and oxygen atoms in total. The number of aromatic nitrogens is 1. The lowest BCUT2D eigenvalue weighted by molar-refractivity contribution is -0.128. The first-order valence-electron chi connectivity index (χ1n) is 9.13. The van der Waals surface area contributed by atoms with Crippen LogP contribution in [-0.4, -0.2) is 17.7 Å². The first-order chi connectivity index (χ1) is 13.4. The van der Waals surface area contributed by atoms with Crippen LogP contribution in [0.1, 0.15) is 26.3 Å². The van der Waals surface area contributed by atoms with Crippen molar-refractivity contribution in [1.82, 2.24) is 10.3 Å². The number of hydrogen-bond acceptors (Lipinski definition) is 5. The van der Waals surface area contributed by atoms with E-state index in [0.717, 1.165) is 38.9 Å². The van der Waals surface area contributed by atoms with Crippen LogP contribution in [-0.2, 0) is 11.3 Å². The first-order valence-corrected chi connectivity index (χ1v) is 10.0. The number of thiazole rings is 1. The predicted octanol–water partition coefficient (Wildman–Crippen LogP) is 4.87. The van der Waals surface area contributed by atoms with Crippen molar-refractivity contribution in [2.45, 2.75) is 27.3 Å². The average molecular weight is 394 g/mol. The molecule has 28 heavy (non-hydrogen) atoms. The summed E-state index contributed by atoms with van der Waals surface area (Å²) in [6.45, 7) is 6.52. The molecule has 0 unspecified atom stereocenters. The maximum absolute atomic E-state index is 12.0. The number of ether oxygens (including phenoxy) is 2. The number of carbonyl (C=O) groups is 1. The van der Waals surface area contributed by atoms with Crippen LogP contribution in [0.5, 0.6) is 11.5 Å². The second-order valence-corrected chi connectivity index (χ2v) is 8.59. The Morgan fingerprint density at radius 2 is 1.79 bits per heavy atom. The van der Waals surface area contributed by atoms with Gasteiger partial charge < -0.3 is 14.8 Å². The van der Waals surface area contributed by atoms with Crippen molar-refractivity contribution in [2.24, 2.45) is 5.41 Å². The van der Waals surface area contributed by atoms with E-state index >= 15 is 0 Å². The van der Waals surface area contributed by atoms with Gasteiger partial charge in [0.2, 0.25) is 12.7 Å². The SMILES string of the molecule is CC(C)(C)C(=O)NCc1ccc(-c2nc(-c3ccc4c(c3)OCO4)cs2)cc1. The fourth-order valence-corrected chi connectivity index (χ4v) is 3.64. The average Bonchev–Trinajstić information content (AvgIpc) is 3.34. The van der Waals surface area contributed by atoms with E-state index in [9.17, 15) is 4.79 Å². The molecule has 1 aliphatic rings. The topological polar surface area (TPSA) is 60.5 Å². The van der Waals surface area contributed by atoms with Gasteiger partial charge in [0.25, 0.3) is 0 Å². The van der Waals surface area contributed by atoms with Crippen LogP contribution in [0.2, 0.25) is 0 Å². The van der Waals surface area contributed by atoms with Crippen LogP contribution >= 0.6 is 11.3 Å². The molecular formula is C22H22N2O3S. The van der Waals surface area contributed by atoms with Crippen molar-refractivity contribution >= 4 is 17.2 Å². The predicted molar refractivity (Wildman–Crippen MR) is 110 cm³/mol. The van der Waals surface area contributed by atoms with E-state index in [1.807, 2.05) is 68.6 Å². The third-order valence-electron chi connectivity index (χ3n) is 4.51. The van der Waals surface area contributed by atoms with Gasteiger partial charge in [0, 0.05) is 28.5 Å². The van der Waals surface area contributed by atoms with Crippen LogP contribution < -0.4 is 14.8 Å². The lowest BCUT2D eigenvalue weighted by atomic mass is 9.95. The summed E-state index contributed by atoms with van der Waals surface area (Å²) in [5, 5.41) is 5.97. The summed E-state index contributed by atoms with van der Waals surface area (Å²) < 4.78 is 10.8. The highest BCUT2D eigenvalue weighted by Crippen LogP contribution is 2.37. The smallest absolute Gasteiger partial charge is 0.231 e. The molecule has 4 rings (SSSR count). The minimum absolute atomic E-state index is 0.0462. The van der Waals surface area contributed by atoms with Crippen molar-refractivity contribution < 1.29 is 14.3 Å². The molecule has 0 saturated heterocycles. The van der Waals surface area contributed by atoms with E-state index < -0.39 is 0 Å². The van der Waals surface area contributed by atoms with Crippen molar-refractivity contribution in [1.29, 1.82) is 0 Å². The Hall–Kier alpha value is -2.86. The molecule has 0 spiro atoms. The minimum Gasteiger partial charge on any atom is -0.454 e. The Kier molecular flexibility index (Phi) is 4.81. The Labute approximate surface area is 168 Å². The Balaban J connectivity index is 1.46. The van der Waals surface area contributed by atoms with Crippen molar-refractivity contribution in [2.75, 3.05) is 6.79 Å². The number of hydrogen-bond donors (Lipinski definition) is 1. The maximum atomic E-state index is 12.0. The minimum atomic E-state index is -0.383. The number of rotatable bonds is 4. The molecule has 2 heterocycles. The van der Waals surface area contributed by atoms with Crippen molar-refractivity contribution in [3.8, 4) is 33.3 Å². The Morgan fingerprint density at radius 1 is 1.07 bits per heavy atom. The van der Waals surface area contributed by atoms with Gasteiger partial charge in [0.15, 0.2) is 11.5 Å². The molecular weight excluding hydrogens is 372 g/mol. The number of amides is 1. The van der Waals surface area contributed by atoms with Crippen LogP contribution in [0.15, 0.2) is 47.8 Å². The van der Waals surface area contributed by atoms with E-state index in [1.165, 1.54) is 0 Å². The first kappa shape index (κ1) is 18.5. The second kappa shape index (κ2) is 7.28. The van der Waals surface area contributed by atoms with E-state index in [1.54, 1.807) is 11.3 Å². The van der Waals surface area contributed by atoms with Gasteiger partial charge in [0.1, 0.15) is 5.01 Å². The zero-order valence-electron chi connectivity index (χ0n) is 16.1. The normalized spacial score (nSPS) is 12.8. The maximum Gasteiger partial charge on any atom is 0.231 e. The fraction of sp³-hybridized carbons (Fsp3) is 0.273. The lowest BCUT2D eigenvalue weighted by Crippen LogP contribution is -2.34. The number of benzene rings is 2. The summed E-state index contributed by atoms with van der Waals surface area (Å²) >= 11 is 1.61. The molecule has 0 atom stereocenters. The van der Waals surface area contributed by atoms with E-state index in [2.05, 4.69) is 5.32 Å². The molecule has 6 heteroatoms. The highest BCUT2D eigenvalue weighted by molar-refractivity contribution is 7.13. The quantitative estimate of drug-likeness (QED) is 0.686. The molecule has 0 bridgehead atoms. The van der Waals surface area contributed by atoms with Gasteiger partial charge >= 0.3 is 0 Å². The molecule has 3 aromatic rings. The van der Waals surface area contributed by atoms with Gasteiger partial charge in [-0.25, -0.2) is 4.98 Å². The van der Waals surface area contributed by atoms with Gasteiger partial charge in [-0.1, -0.05) is 45.0 Å². The van der Waals surface area contributed by atoms with E-state index in [4.69, 9.17) is 14.5 Å². The van der Waals surface area contributed by atoms with E-state index in [-0.39, 0.29) is 18.1 Å². The Morgan fingerprint density at radius 3 is 2.54 bits per heavy atom. The number of nitrogens with one attached hydrogen (secondary N) is 1. The summed E-state index contributed by atoms with van der Waals surface area (Å²) in [5.74, 6) is 1.58. The largest absolute Gasteiger partial charge is 0.454 e. The highest BCUT2D eigenvalue weighted by atomic mass is 32.1. The third kappa shape index (κ3) is 3.87. The van der Waals surface area contributed by atoms with Gasteiger partial charge in [-0.05, 0) is 23.8 Å². The molecule has 0 aliphatic carbocycles. The summed E-state index contributed by atoms with van der Waals surface area (Å²) in [6.07, 6.45) is 0. The zero-order valence-corrected chi connectivity index (χ0v) is 16.9. The molecule has 1 aliphatic heterocycles. The fourth-order valence-electron chi connectivity index (χ4n) is 2.81. The van der Waals surface area contributed by atoms with Crippen molar-refractivity contribution in [3.05, 3.63) is 53.4 Å². The summed E-state index contributed by atoms with van der Waals surface area (Å²) in [6, 6.07) is 14.0. The molecule has 2 aromatic carbocycles. The van der Waals surface area contributed by atoms with Gasteiger partial charge in [-0.3, -0.25) is 4.79 Å². The molecule has 0 saturated carbocycles. The van der Waals surface area contributed by atoms with Crippen LogP contribution in [0.4, 0.5) is 0 Å². The van der Waals surface area contributed by atoms with Crippen LogP contribution in [0, 0.1) is 5.41 Å². The van der Waals surface area contributed by atoms with E-state index in [0.29, 0.717) is 6.54 Å². The summed E-state index contributed by atoms with van der Waals surface area (Å²) in [4.78, 5) is 16.8. The summed E-state index contributed by atoms with van der Waals surface area (Å²) in [5.41, 5.74) is 3.66. The highest BCUT2D eigenvalue weighted by Gasteiger charge is 2.20. The van der Waals surface area contributed by atoms with Crippen LogP contribution in [0.25, 0.3) is 21.8 Å². The standard InChI is InChI=1S/C22H22N2O3S/c1-22(2,3)21(25)23-11-14-4-6-15(7-5-14)20-24-17(12-28-20)16-8-9-18-19(10-16)27-13-26-18/h4-10,12H,11,13H2,1-3H3,(H,23,25). The molecule has 1 N–H and O–H groups in total. The molecule has 0 fully saturated rings. The third-order valence-corrected chi connectivity index (χ3v) is 5.40. The Bertz CT molecular complexity index is 1000. The molecule has 0 radical (unpaired) electrons. The molecule has 144 valence electrons. The second-order valence-electron chi connectivity index (χ2n) is 7.74. The van der Waals surface area contributed by atoms with Crippen molar-refractivity contribution in [3.63, 3.8) is 0 Å². The van der Waals surface area contributed by atoms with Crippen LogP contribution in [0.3, 0.4) is 0 Å². The molecule has 1 aromatic heterocycles. The van der Waals surface area contributed by atoms with Gasteiger partial charge in [-0.15, -0.1) is 11.3 Å².